The predicted octanol–water partition coefficient (Wildman–Crippen LogP) is 2.43. The Hall–Kier alpha value is -0.870. The van der Waals surface area contributed by atoms with Crippen molar-refractivity contribution in [1.29, 1.82) is 0 Å². The van der Waals surface area contributed by atoms with Crippen molar-refractivity contribution in [3.63, 3.8) is 0 Å². The van der Waals surface area contributed by atoms with Crippen molar-refractivity contribution >= 4 is 29.9 Å². The Morgan fingerprint density at radius 2 is 1.87 bits per heavy atom. The van der Waals surface area contributed by atoms with Crippen LogP contribution < -0.4 is 5.32 Å². The summed E-state index contributed by atoms with van der Waals surface area (Å²) < 4.78 is 1.91. The van der Waals surface area contributed by atoms with Crippen LogP contribution in [0.3, 0.4) is 0 Å². The van der Waals surface area contributed by atoms with Gasteiger partial charge in [0.2, 0.25) is 0 Å². The van der Waals surface area contributed by atoms with E-state index in [9.17, 15) is 0 Å². The topological polar surface area (TPSA) is 51.9 Å². The molecule has 1 aromatic rings. The molecular formula is C23H42IN7. The van der Waals surface area contributed by atoms with Crippen LogP contribution in [0.4, 0.5) is 0 Å². The van der Waals surface area contributed by atoms with Gasteiger partial charge in [-0.2, -0.15) is 5.10 Å². The van der Waals surface area contributed by atoms with Gasteiger partial charge in [-0.15, -0.1) is 24.0 Å². The molecule has 3 saturated heterocycles. The summed E-state index contributed by atoms with van der Waals surface area (Å²) in [5, 5.41) is 8.15. The summed E-state index contributed by atoms with van der Waals surface area (Å²) >= 11 is 0. The zero-order valence-electron chi connectivity index (χ0n) is 19.7. The summed E-state index contributed by atoms with van der Waals surface area (Å²) in [5.74, 6) is 1.78. The van der Waals surface area contributed by atoms with Crippen LogP contribution in [0.15, 0.2) is 17.4 Å². The number of hydrogen-bond donors (Lipinski definition) is 1. The van der Waals surface area contributed by atoms with Gasteiger partial charge in [-0.3, -0.25) is 14.6 Å². The average Bonchev–Trinajstić information content (AvgIpc) is 3.40. The quantitative estimate of drug-likeness (QED) is 0.352. The molecule has 0 aliphatic carbocycles. The van der Waals surface area contributed by atoms with Crippen molar-refractivity contribution < 1.29 is 0 Å². The molecule has 1 atom stereocenters. The maximum absolute atomic E-state index is 4.68. The number of piperidine rings is 2. The molecule has 3 aliphatic heterocycles. The van der Waals surface area contributed by atoms with Gasteiger partial charge in [-0.25, -0.2) is 0 Å². The lowest BCUT2D eigenvalue weighted by Crippen LogP contribution is -2.62. The van der Waals surface area contributed by atoms with E-state index in [1.807, 2.05) is 25.0 Å². The van der Waals surface area contributed by atoms with Crippen LogP contribution in [0, 0.1) is 5.92 Å². The highest BCUT2D eigenvalue weighted by Gasteiger charge is 2.40. The minimum atomic E-state index is 0. The first-order chi connectivity index (χ1) is 14.6. The van der Waals surface area contributed by atoms with Gasteiger partial charge in [-0.1, -0.05) is 6.42 Å². The first kappa shape index (κ1) is 24.8. The molecule has 0 radical (unpaired) electrons. The van der Waals surface area contributed by atoms with Crippen molar-refractivity contribution in [3.8, 4) is 0 Å². The van der Waals surface area contributed by atoms with Crippen molar-refractivity contribution in [1.82, 2.24) is 29.8 Å². The van der Waals surface area contributed by atoms with Gasteiger partial charge in [0.1, 0.15) is 0 Å². The lowest BCUT2D eigenvalue weighted by atomic mass is 9.84. The second-order valence-corrected chi connectivity index (χ2v) is 9.80. The minimum Gasteiger partial charge on any atom is -0.354 e. The maximum Gasteiger partial charge on any atom is 0.193 e. The van der Waals surface area contributed by atoms with Crippen LogP contribution in [0.1, 0.15) is 44.1 Å². The zero-order chi connectivity index (χ0) is 21.0. The van der Waals surface area contributed by atoms with Crippen LogP contribution in [-0.2, 0) is 13.5 Å². The van der Waals surface area contributed by atoms with Crippen molar-refractivity contribution in [2.24, 2.45) is 18.0 Å². The Morgan fingerprint density at radius 3 is 2.52 bits per heavy atom. The average molecular weight is 544 g/mol. The van der Waals surface area contributed by atoms with E-state index in [0.29, 0.717) is 5.92 Å². The zero-order valence-corrected chi connectivity index (χ0v) is 22.1. The molecule has 0 spiro atoms. The van der Waals surface area contributed by atoms with E-state index < -0.39 is 0 Å². The molecule has 4 heterocycles. The molecule has 7 nitrogen and oxygen atoms in total. The first-order valence-electron chi connectivity index (χ1n) is 11.9. The molecule has 0 saturated carbocycles. The summed E-state index contributed by atoms with van der Waals surface area (Å²) in [4.78, 5) is 12.4. The van der Waals surface area contributed by atoms with E-state index in [-0.39, 0.29) is 29.5 Å². The maximum atomic E-state index is 4.68. The molecule has 4 rings (SSSR count). The van der Waals surface area contributed by atoms with E-state index >= 15 is 0 Å². The lowest BCUT2D eigenvalue weighted by Gasteiger charge is -2.50. The molecule has 8 heteroatoms. The second kappa shape index (κ2) is 11.3. The van der Waals surface area contributed by atoms with Crippen molar-refractivity contribution in [2.75, 3.05) is 59.9 Å². The predicted molar refractivity (Wildman–Crippen MR) is 138 cm³/mol. The lowest BCUT2D eigenvalue weighted by molar-refractivity contribution is 0.0170. The summed E-state index contributed by atoms with van der Waals surface area (Å²) in [6.45, 7) is 8.15. The van der Waals surface area contributed by atoms with Crippen LogP contribution in [0.2, 0.25) is 0 Å². The van der Waals surface area contributed by atoms with Gasteiger partial charge in [0.15, 0.2) is 5.96 Å². The van der Waals surface area contributed by atoms with E-state index in [1.54, 1.807) is 0 Å². The Labute approximate surface area is 205 Å². The Kier molecular flexibility index (Phi) is 9.04. The van der Waals surface area contributed by atoms with Crippen LogP contribution in [-0.4, -0.2) is 95.9 Å². The van der Waals surface area contributed by atoms with Crippen LogP contribution in [0.25, 0.3) is 0 Å². The van der Waals surface area contributed by atoms with Gasteiger partial charge >= 0.3 is 0 Å². The van der Waals surface area contributed by atoms with Crippen molar-refractivity contribution in [2.45, 2.75) is 50.5 Å². The third-order valence-electron chi connectivity index (χ3n) is 7.60. The number of aliphatic imine (C=N–C) groups is 1. The fourth-order valence-corrected chi connectivity index (χ4v) is 5.69. The fourth-order valence-electron chi connectivity index (χ4n) is 5.69. The molecule has 1 unspecified atom stereocenters. The third-order valence-corrected chi connectivity index (χ3v) is 7.60. The molecule has 1 N–H and O–H groups in total. The summed E-state index contributed by atoms with van der Waals surface area (Å²) in [6.07, 6.45) is 13.1. The summed E-state index contributed by atoms with van der Waals surface area (Å²) in [5.41, 5.74) is 1.64. The monoisotopic (exact) mass is 543 g/mol. The number of likely N-dealkylation sites (tertiary alicyclic amines) is 3. The molecular weight excluding hydrogens is 501 g/mol. The number of aromatic nitrogens is 2. The molecule has 3 aliphatic rings. The van der Waals surface area contributed by atoms with E-state index in [1.165, 1.54) is 70.3 Å². The number of nitrogens with zero attached hydrogens (tertiary/aromatic N) is 6. The van der Waals surface area contributed by atoms with Gasteiger partial charge < -0.3 is 15.1 Å². The molecule has 31 heavy (non-hydrogen) atoms. The fraction of sp³-hybridized carbons (Fsp3) is 0.826. The van der Waals surface area contributed by atoms with Crippen LogP contribution in [0.5, 0.6) is 0 Å². The highest BCUT2D eigenvalue weighted by molar-refractivity contribution is 14.0. The summed E-state index contributed by atoms with van der Waals surface area (Å²) in [7, 11) is 6.20. The SMILES string of the molecule is CN=C(NCC1(N2CCCCC2)CCN(C)CC1)N1CCC(Cc2cnn(C)c2)C1.I. The van der Waals surface area contributed by atoms with E-state index in [4.69, 9.17) is 0 Å². The first-order valence-corrected chi connectivity index (χ1v) is 11.9. The van der Waals surface area contributed by atoms with Gasteiger partial charge in [0, 0.05) is 45.5 Å². The van der Waals surface area contributed by atoms with E-state index in [0.717, 1.165) is 32.0 Å². The van der Waals surface area contributed by atoms with Gasteiger partial charge in [-0.05, 0) is 83.2 Å². The van der Waals surface area contributed by atoms with E-state index in [2.05, 4.69) is 43.4 Å². The van der Waals surface area contributed by atoms with Crippen LogP contribution >= 0.6 is 24.0 Å². The minimum absolute atomic E-state index is 0. The highest BCUT2D eigenvalue weighted by atomic mass is 127. The number of hydrogen-bond acceptors (Lipinski definition) is 4. The smallest absolute Gasteiger partial charge is 0.193 e. The molecule has 3 fully saturated rings. The third kappa shape index (κ3) is 6.13. The second-order valence-electron chi connectivity index (χ2n) is 9.80. The number of aryl methyl sites for hydroxylation is 1. The largest absolute Gasteiger partial charge is 0.354 e. The molecule has 1 aromatic heterocycles. The standard InChI is InChI=1S/C23H41N7.HI/c1-24-22(29-12-7-20(18-29)15-21-16-26-28(3)17-21)25-19-23(8-13-27(2)14-9-23)30-10-5-4-6-11-30;/h16-17,20H,4-15,18-19H2,1-3H3,(H,24,25);1H. The molecule has 0 amide bonds. The summed E-state index contributed by atoms with van der Waals surface area (Å²) in [6, 6.07) is 0. The number of guanidine groups is 1. The Balaban J connectivity index is 0.00000272. The Morgan fingerprint density at radius 1 is 1.13 bits per heavy atom. The van der Waals surface area contributed by atoms with Gasteiger partial charge in [0.05, 0.1) is 6.20 Å². The van der Waals surface area contributed by atoms with Gasteiger partial charge in [0.25, 0.3) is 0 Å². The normalized spacial score (nSPS) is 25.5. The number of rotatable bonds is 5. The van der Waals surface area contributed by atoms with Crippen molar-refractivity contribution in [3.05, 3.63) is 18.0 Å². The highest BCUT2D eigenvalue weighted by Crippen LogP contribution is 2.31. The molecule has 0 bridgehead atoms. The number of nitrogens with one attached hydrogen (secondary N) is 1. The number of halogens is 1. The molecule has 0 aromatic carbocycles. The molecule has 176 valence electrons. The Bertz CT molecular complexity index is 705.